The molecule has 0 atom stereocenters. The second-order valence-corrected chi connectivity index (χ2v) is 6.68. The Morgan fingerprint density at radius 3 is 2.32 bits per heavy atom. The molecular weight excluding hydrogens is 470 g/mol. The first-order chi connectivity index (χ1) is 13.1. The van der Waals surface area contributed by atoms with Crippen molar-refractivity contribution < 1.29 is 9.18 Å². The molecule has 2 N–H and O–H groups in total. The van der Waals surface area contributed by atoms with Crippen molar-refractivity contribution in [2.75, 3.05) is 18.5 Å². The molecule has 2 aromatic carbocycles. The quantitative estimate of drug-likeness (QED) is 0.377. The molecule has 1 heterocycles. The number of guanidine groups is 1. The van der Waals surface area contributed by atoms with E-state index in [1.54, 1.807) is 20.0 Å². The number of nitrogens with zero attached hydrogens (tertiary/aromatic N) is 2. The smallest absolute Gasteiger partial charge is 0.227 e. The monoisotopic (exact) mass is 496 g/mol. The van der Waals surface area contributed by atoms with Crippen LogP contribution in [0.1, 0.15) is 29.5 Å². The van der Waals surface area contributed by atoms with Crippen molar-refractivity contribution in [2.24, 2.45) is 4.99 Å². The third-order valence-electron chi connectivity index (χ3n) is 4.69. The fourth-order valence-corrected chi connectivity index (χ4v) is 3.12. The van der Waals surface area contributed by atoms with Crippen LogP contribution in [0.25, 0.3) is 0 Å². The first kappa shape index (κ1) is 22.1. The van der Waals surface area contributed by atoms with Crippen LogP contribution in [0.2, 0.25) is 0 Å². The Labute approximate surface area is 182 Å². The summed E-state index contributed by atoms with van der Waals surface area (Å²) in [6.07, 6.45) is 1.57. The average molecular weight is 496 g/mol. The minimum atomic E-state index is -0.194. The zero-order chi connectivity index (χ0) is 19.2. The van der Waals surface area contributed by atoms with Gasteiger partial charge >= 0.3 is 0 Å². The fraction of sp³-hybridized carbons (Fsp3) is 0.333. The maximum absolute atomic E-state index is 13.3. The molecule has 0 radical (unpaired) electrons. The maximum atomic E-state index is 13.3. The van der Waals surface area contributed by atoms with E-state index in [0.717, 1.165) is 29.8 Å². The number of anilines is 1. The number of halogens is 2. The van der Waals surface area contributed by atoms with Gasteiger partial charge in [0, 0.05) is 38.8 Å². The summed E-state index contributed by atoms with van der Waals surface area (Å²) in [5.41, 5.74) is 3.69. The normalized spacial score (nSPS) is 14.0. The van der Waals surface area contributed by atoms with E-state index >= 15 is 0 Å². The summed E-state index contributed by atoms with van der Waals surface area (Å²) in [6, 6.07) is 13.1. The third-order valence-corrected chi connectivity index (χ3v) is 4.69. The molecule has 0 spiro atoms. The molecule has 1 aliphatic rings. The molecule has 2 aromatic rings. The van der Waals surface area contributed by atoms with E-state index in [1.165, 1.54) is 6.07 Å². The van der Waals surface area contributed by atoms with E-state index in [4.69, 9.17) is 0 Å². The summed E-state index contributed by atoms with van der Waals surface area (Å²) >= 11 is 0. The van der Waals surface area contributed by atoms with Crippen molar-refractivity contribution in [3.63, 3.8) is 0 Å². The molecule has 0 aliphatic carbocycles. The van der Waals surface area contributed by atoms with Crippen LogP contribution in [0.5, 0.6) is 0 Å². The Morgan fingerprint density at radius 1 is 1.11 bits per heavy atom. The van der Waals surface area contributed by atoms with Crippen molar-refractivity contribution in [3.8, 4) is 0 Å². The van der Waals surface area contributed by atoms with Gasteiger partial charge in [-0.1, -0.05) is 24.3 Å². The summed E-state index contributed by atoms with van der Waals surface area (Å²) in [5.74, 6) is 0.678. The van der Waals surface area contributed by atoms with Crippen molar-refractivity contribution >= 4 is 41.5 Å². The minimum absolute atomic E-state index is 0. The van der Waals surface area contributed by atoms with Gasteiger partial charge in [-0.2, -0.15) is 0 Å². The molecule has 0 saturated carbocycles. The first-order valence-electron chi connectivity index (χ1n) is 9.15. The molecule has 5 nitrogen and oxygen atoms in total. The fourth-order valence-electron chi connectivity index (χ4n) is 3.12. The van der Waals surface area contributed by atoms with Crippen LogP contribution < -0.4 is 15.5 Å². The lowest BCUT2D eigenvalue weighted by Crippen LogP contribution is -2.36. The number of hydrogen-bond acceptors (Lipinski definition) is 2. The van der Waals surface area contributed by atoms with Gasteiger partial charge in [-0.3, -0.25) is 9.79 Å². The van der Waals surface area contributed by atoms with Crippen LogP contribution in [0, 0.1) is 12.7 Å². The molecule has 0 unspecified atom stereocenters. The van der Waals surface area contributed by atoms with E-state index < -0.39 is 0 Å². The van der Waals surface area contributed by atoms with Gasteiger partial charge in [-0.25, -0.2) is 4.39 Å². The number of nitrogens with one attached hydrogen (secondary N) is 2. The van der Waals surface area contributed by atoms with Gasteiger partial charge < -0.3 is 15.5 Å². The summed E-state index contributed by atoms with van der Waals surface area (Å²) in [5, 5.41) is 6.49. The Bertz CT molecular complexity index is 839. The van der Waals surface area contributed by atoms with Crippen molar-refractivity contribution in [2.45, 2.75) is 32.9 Å². The van der Waals surface area contributed by atoms with Crippen LogP contribution in [-0.4, -0.2) is 25.5 Å². The second kappa shape index (κ2) is 10.4. The van der Waals surface area contributed by atoms with E-state index in [-0.39, 0.29) is 35.7 Å². The van der Waals surface area contributed by atoms with Crippen LogP contribution in [0.3, 0.4) is 0 Å². The van der Waals surface area contributed by atoms with Crippen LogP contribution in [0.15, 0.2) is 47.5 Å². The maximum Gasteiger partial charge on any atom is 0.227 e. The van der Waals surface area contributed by atoms with Gasteiger partial charge in [0.25, 0.3) is 0 Å². The number of benzene rings is 2. The molecular formula is C21H26FIN4O. The molecule has 0 bridgehead atoms. The first-order valence-corrected chi connectivity index (χ1v) is 9.15. The van der Waals surface area contributed by atoms with Crippen LogP contribution in [-0.2, 0) is 17.9 Å². The number of amides is 1. The predicted molar refractivity (Wildman–Crippen MR) is 122 cm³/mol. The number of carbonyl (C=O) groups is 1. The number of hydrogen-bond donors (Lipinski definition) is 2. The molecule has 1 amide bonds. The highest BCUT2D eigenvalue weighted by Crippen LogP contribution is 2.21. The summed E-state index contributed by atoms with van der Waals surface area (Å²) in [4.78, 5) is 17.9. The highest BCUT2D eigenvalue weighted by molar-refractivity contribution is 14.0. The van der Waals surface area contributed by atoms with Gasteiger partial charge in [0.1, 0.15) is 5.82 Å². The molecule has 1 fully saturated rings. The van der Waals surface area contributed by atoms with Crippen LogP contribution in [0.4, 0.5) is 10.1 Å². The summed E-state index contributed by atoms with van der Waals surface area (Å²) in [7, 11) is 1.72. The molecule has 7 heteroatoms. The molecule has 1 aliphatic heterocycles. The number of aliphatic imine (C=N–C) groups is 1. The van der Waals surface area contributed by atoms with E-state index in [9.17, 15) is 9.18 Å². The Balaban J connectivity index is 0.00000280. The highest BCUT2D eigenvalue weighted by Gasteiger charge is 2.21. The molecule has 28 heavy (non-hydrogen) atoms. The van der Waals surface area contributed by atoms with Gasteiger partial charge in [-0.15, -0.1) is 24.0 Å². The van der Waals surface area contributed by atoms with Crippen molar-refractivity contribution in [1.82, 2.24) is 10.6 Å². The SMILES string of the molecule is CN=C(NCc1ccc(N2CCCC2=O)cc1)NCc1ccc(F)c(C)c1.I. The Hall–Kier alpha value is -2.16. The molecule has 3 rings (SSSR count). The summed E-state index contributed by atoms with van der Waals surface area (Å²) < 4.78 is 13.3. The Kier molecular flexibility index (Phi) is 8.22. The number of aryl methyl sites for hydroxylation is 1. The summed E-state index contributed by atoms with van der Waals surface area (Å²) in [6.45, 7) is 3.74. The van der Waals surface area contributed by atoms with Crippen LogP contribution >= 0.6 is 24.0 Å². The van der Waals surface area contributed by atoms with Crippen molar-refractivity contribution in [1.29, 1.82) is 0 Å². The highest BCUT2D eigenvalue weighted by atomic mass is 127. The predicted octanol–water partition coefficient (Wildman–Crippen LogP) is 3.74. The molecule has 150 valence electrons. The van der Waals surface area contributed by atoms with E-state index in [0.29, 0.717) is 31.0 Å². The molecule has 1 saturated heterocycles. The average Bonchev–Trinajstić information content (AvgIpc) is 3.11. The minimum Gasteiger partial charge on any atom is -0.352 e. The standard InChI is InChI=1S/C21H25FN4O.HI/c1-15-12-17(7-10-19(15)22)14-25-21(23-2)24-13-16-5-8-18(9-6-16)26-11-3-4-20(26)27;/h5-10,12H,3-4,11,13-14H2,1-2H3,(H2,23,24,25);1H. The lowest BCUT2D eigenvalue weighted by Gasteiger charge is -2.16. The number of rotatable bonds is 5. The van der Waals surface area contributed by atoms with E-state index in [1.807, 2.05) is 35.2 Å². The second-order valence-electron chi connectivity index (χ2n) is 6.68. The third kappa shape index (κ3) is 5.67. The molecule has 0 aromatic heterocycles. The van der Waals surface area contributed by atoms with Gasteiger partial charge in [0.2, 0.25) is 5.91 Å². The lowest BCUT2D eigenvalue weighted by molar-refractivity contribution is -0.117. The zero-order valence-electron chi connectivity index (χ0n) is 16.2. The lowest BCUT2D eigenvalue weighted by atomic mass is 10.1. The zero-order valence-corrected chi connectivity index (χ0v) is 18.5. The van der Waals surface area contributed by atoms with Gasteiger partial charge in [-0.05, 0) is 48.2 Å². The Morgan fingerprint density at radius 2 is 1.75 bits per heavy atom. The topological polar surface area (TPSA) is 56.7 Å². The van der Waals surface area contributed by atoms with Gasteiger partial charge in [0.05, 0.1) is 0 Å². The number of carbonyl (C=O) groups excluding carboxylic acids is 1. The van der Waals surface area contributed by atoms with Gasteiger partial charge in [0.15, 0.2) is 5.96 Å². The van der Waals surface area contributed by atoms with Crippen molar-refractivity contribution in [3.05, 3.63) is 65.0 Å². The van der Waals surface area contributed by atoms with E-state index in [2.05, 4.69) is 15.6 Å². The largest absolute Gasteiger partial charge is 0.352 e.